The first-order valence-electron chi connectivity index (χ1n) is 10.6. The van der Waals surface area contributed by atoms with Gasteiger partial charge in [-0.25, -0.2) is 9.99 Å². The van der Waals surface area contributed by atoms with E-state index in [1.165, 1.54) is 11.2 Å². The molecule has 0 N–H and O–H groups in total. The number of rotatable bonds is 5. The number of hydrogen-bond donors (Lipinski definition) is 0. The number of fused-ring (bicyclic) bond motifs is 1. The molecule has 0 saturated carbocycles. The molecular weight excluding hydrogens is 416 g/mol. The van der Waals surface area contributed by atoms with Crippen LogP contribution in [0.4, 0.5) is 0 Å². The van der Waals surface area contributed by atoms with Crippen molar-refractivity contribution in [2.45, 2.75) is 12.5 Å². The zero-order chi connectivity index (χ0) is 22.8. The van der Waals surface area contributed by atoms with Crippen LogP contribution in [0, 0.1) is 0 Å². The minimum atomic E-state index is -0.294. The van der Waals surface area contributed by atoms with Gasteiger partial charge in [0.25, 0.3) is 5.91 Å². The quantitative estimate of drug-likeness (QED) is 0.454. The average molecular weight is 438 g/mol. The maximum atomic E-state index is 13.5. The molecule has 0 bridgehead atoms. The van der Waals surface area contributed by atoms with Crippen molar-refractivity contribution in [2.75, 3.05) is 14.2 Å². The number of hydrazone groups is 1. The summed E-state index contributed by atoms with van der Waals surface area (Å²) in [6.07, 6.45) is 2.09. The lowest BCUT2D eigenvalue weighted by Crippen LogP contribution is -2.28. The molecule has 1 unspecified atom stereocenters. The lowest BCUT2D eigenvalue weighted by molar-refractivity contribution is 0.0705. The minimum absolute atomic E-state index is 0.256. The Kier molecular flexibility index (Phi) is 5.44. The van der Waals surface area contributed by atoms with Crippen LogP contribution in [0.5, 0.6) is 11.5 Å². The van der Waals surface area contributed by atoms with Gasteiger partial charge in [-0.15, -0.1) is 0 Å². The Labute approximate surface area is 191 Å². The summed E-state index contributed by atoms with van der Waals surface area (Å²) in [6.45, 7) is 0. The molecule has 0 fully saturated rings. The number of benzene rings is 3. The number of carbonyl (C=O) groups excluding carboxylic acids is 1. The van der Waals surface area contributed by atoms with E-state index < -0.39 is 0 Å². The zero-order valence-corrected chi connectivity index (χ0v) is 18.3. The van der Waals surface area contributed by atoms with Gasteiger partial charge >= 0.3 is 0 Å². The highest BCUT2D eigenvalue weighted by Gasteiger charge is 2.34. The van der Waals surface area contributed by atoms with E-state index in [-0.39, 0.29) is 17.6 Å². The summed E-state index contributed by atoms with van der Waals surface area (Å²) in [5, 5.41) is 6.25. The number of para-hydroxylation sites is 2. The second kappa shape index (κ2) is 8.70. The van der Waals surface area contributed by atoms with Crippen molar-refractivity contribution < 1.29 is 14.3 Å². The molecule has 1 atom stereocenters. The first-order chi connectivity index (χ1) is 16.2. The van der Waals surface area contributed by atoms with E-state index in [4.69, 9.17) is 14.6 Å². The maximum absolute atomic E-state index is 13.5. The minimum Gasteiger partial charge on any atom is -0.497 e. The summed E-state index contributed by atoms with van der Waals surface area (Å²) >= 11 is 0. The highest BCUT2D eigenvalue weighted by Crippen LogP contribution is 2.35. The van der Waals surface area contributed by atoms with Crippen molar-refractivity contribution in [3.05, 3.63) is 95.8 Å². The van der Waals surface area contributed by atoms with Gasteiger partial charge in [0, 0.05) is 6.42 Å². The number of ether oxygens (including phenoxy) is 2. The van der Waals surface area contributed by atoms with Gasteiger partial charge in [-0.05, 0) is 59.7 Å². The summed E-state index contributed by atoms with van der Waals surface area (Å²) < 4.78 is 10.6. The number of aromatic nitrogens is 2. The number of carbonyl (C=O) groups is 1. The average Bonchev–Trinajstić information content (AvgIpc) is 3.33. The molecule has 1 amide bonds. The molecule has 2 heterocycles. The summed E-state index contributed by atoms with van der Waals surface area (Å²) in [6, 6.07) is 22.6. The second-order valence-corrected chi connectivity index (χ2v) is 7.66. The smallest absolute Gasteiger partial charge is 0.294 e. The van der Waals surface area contributed by atoms with Gasteiger partial charge in [-0.1, -0.05) is 24.3 Å². The summed E-state index contributed by atoms with van der Waals surface area (Å²) in [5.41, 5.74) is 4.39. The van der Waals surface area contributed by atoms with Crippen LogP contribution < -0.4 is 9.47 Å². The SMILES string of the molecule is COc1ccc(C2=NN(C(=O)c3cnc4ccccc4n3)C(c3ccc(OC)cc3)C2)cc1. The van der Waals surface area contributed by atoms with Gasteiger partial charge < -0.3 is 9.47 Å². The van der Waals surface area contributed by atoms with Crippen LogP contribution in [0.15, 0.2) is 84.1 Å². The van der Waals surface area contributed by atoms with E-state index >= 15 is 0 Å². The highest BCUT2D eigenvalue weighted by atomic mass is 16.5. The summed E-state index contributed by atoms with van der Waals surface area (Å²) in [7, 11) is 3.26. The Morgan fingerprint density at radius 1 is 0.879 bits per heavy atom. The Morgan fingerprint density at radius 3 is 2.18 bits per heavy atom. The Morgan fingerprint density at radius 2 is 1.52 bits per heavy atom. The third-order valence-corrected chi connectivity index (χ3v) is 5.71. The number of amides is 1. The fraction of sp³-hybridized carbons (Fsp3) is 0.154. The number of methoxy groups -OCH3 is 2. The largest absolute Gasteiger partial charge is 0.497 e. The van der Waals surface area contributed by atoms with E-state index in [1.54, 1.807) is 14.2 Å². The van der Waals surface area contributed by atoms with E-state index in [1.807, 2.05) is 72.8 Å². The molecule has 1 aliphatic heterocycles. The standard InChI is InChI=1S/C26H22N4O3/c1-32-19-11-7-17(8-12-19)23-15-25(18-9-13-20(33-2)14-10-18)30(29-23)26(31)24-16-27-21-5-3-4-6-22(21)28-24/h3-14,16,25H,15H2,1-2H3. The molecule has 164 valence electrons. The molecule has 4 aromatic rings. The van der Waals surface area contributed by atoms with Gasteiger partial charge in [0.05, 0.1) is 43.2 Å². The van der Waals surface area contributed by atoms with E-state index in [2.05, 4.69) is 9.97 Å². The molecule has 0 radical (unpaired) electrons. The molecule has 7 nitrogen and oxygen atoms in total. The summed E-state index contributed by atoms with van der Waals surface area (Å²) in [4.78, 5) is 22.5. The third kappa shape index (κ3) is 4.01. The van der Waals surface area contributed by atoms with Crippen LogP contribution in [-0.4, -0.2) is 40.8 Å². The zero-order valence-electron chi connectivity index (χ0n) is 18.3. The molecule has 5 rings (SSSR count). The maximum Gasteiger partial charge on any atom is 0.294 e. The molecule has 0 aliphatic carbocycles. The van der Waals surface area contributed by atoms with Crippen LogP contribution in [0.3, 0.4) is 0 Å². The normalized spacial score (nSPS) is 15.4. The fourth-order valence-electron chi connectivity index (χ4n) is 3.92. The topological polar surface area (TPSA) is 76.9 Å². The van der Waals surface area contributed by atoms with Crippen molar-refractivity contribution >= 4 is 22.7 Å². The van der Waals surface area contributed by atoms with Crippen LogP contribution in [0.25, 0.3) is 11.0 Å². The molecule has 3 aromatic carbocycles. The van der Waals surface area contributed by atoms with Crippen LogP contribution >= 0.6 is 0 Å². The molecule has 1 aromatic heterocycles. The molecule has 0 spiro atoms. The monoisotopic (exact) mass is 438 g/mol. The summed E-state index contributed by atoms with van der Waals surface area (Å²) in [5.74, 6) is 1.23. The lowest BCUT2D eigenvalue weighted by atomic mass is 9.98. The van der Waals surface area contributed by atoms with Crippen LogP contribution in [0.1, 0.15) is 34.1 Å². The molecule has 33 heavy (non-hydrogen) atoms. The first kappa shape index (κ1) is 20.6. The molecular formula is C26H22N4O3. The second-order valence-electron chi connectivity index (χ2n) is 7.66. The predicted octanol–water partition coefficient (Wildman–Crippen LogP) is 4.64. The first-order valence-corrected chi connectivity index (χ1v) is 10.6. The van der Waals surface area contributed by atoms with Crippen molar-refractivity contribution in [1.29, 1.82) is 0 Å². The van der Waals surface area contributed by atoms with E-state index in [9.17, 15) is 4.79 Å². The van der Waals surface area contributed by atoms with Gasteiger partial charge in [0.2, 0.25) is 0 Å². The van der Waals surface area contributed by atoms with E-state index in [0.29, 0.717) is 11.9 Å². The number of hydrogen-bond acceptors (Lipinski definition) is 6. The van der Waals surface area contributed by atoms with Crippen molar-refractivity contribution in [3.63, 3.8) is 0 Å². The molecule has 1 aliphatic rings. The Bertz CT molecular complexity index is 1330. The van der Waals surface area contributed by atoms with Crippen LogP contribution in [-0.2, 0) is 0 Å². The molecule has 7 heteroatoms. The van der Waals surface area contributed by atoms with Gasteiger partial charge in [0.1, 0.15) is 17.2 Å². The Hall–Kier alpha value is -4.26. The lowest BCUT2D eigenvalue weighted by Gasteiger charge is -2.22. The van der Waals surface area contributed by atoms with Gasteiger partial charge in [-0.3, -0.25) is 9.78 Å². The van der Waals surface area contributed by atoms with Crippen LogP contribution in [0.2, 0.25) is 0 Å². The third-order valence-electron chi connectivity index (χ3n) is 5.71. The van der Waals surface area contributed by atoms with Gasteiger partial charge in [0.15, 0.2) is 0 Å². The predicted molar refractivity (Wildman–Crippen MR) is 126 cm³/mol. The van der Waals surface area contributed by atoms with Gasteiger partial charge in [-0.2, -0.15) is 5.10 Å². The number of nitrogens with zero attached hydrogens (tertiary/aromatic N) is 4. The highest BCUT2D eigenvalue weighted by molar-refractivity contribution is 6.05. The van der Waals surface area contributed by atoms with Crippen molar-refractivity contribution in [2.24, 2.45) is 5.10 Å². The van der Waals surface area contributed by atoms with E-state index in [0.717, 1.165) is 33.9 Å². The van der Waals surface area contributed by atoms with Crippen molar-refractivity contribution in [3.8, 4) is 11.5 Å². The fourth-order valence-corrected chi connectivity index (χ4v) is 3.92. The molecule has 0 saturated heterocycles. The van der Waals surface area contributed by atoms with Crippen molar-refractivity contribution in [1.82, 2.24) is 15.0 Å². The Balaban J connectivity index is 1.53.